The van der Waals surface area contributed by atoms with Crippen LogP contribution in [0.1, 0.15) is 29.9 Å². The number of halogens is 3. The van der Waals surface area contributed by atoms with E-state index in [2.05, 4.69) is 0 Å². The third kappa shape index (κ3) is 3.46. The zero-order chi connectivity index (χ0) is 14.9. The molecule has 1 aliphatic heterocycles. The van der Waals surface area contributed by atoms with E-state index in [9.17, 15) is 18.2 Å². The summed E-state index contributed by atoms with van der Waals surface area (Å²) in [4.78, 5) is 1.91. The molecule has 0 aromatic heterocycles. The molecule has 2 rings (SSSR count). The highest BCUT2D eigenvalue weighted by atomic mass is 19.4. The van der Waals surface area contributed by atoms with Crippen molar-refractivity contribution in [3.8, 4) is 0 Å². The molecular weight excluding hydrogens is 268 g/mol. The summed E-state index contributed by atoms with van der Waals surface area (Å²) in [7, 11) is -0.512. The monoisotopic (exact) mass is 286 g/mol. The van der Waals surface area contributed by atoms with E-state index in [1.807, 2.05) is 4.81 Å². The van der Waals surface area contributed by atoms with E-state index in [1.165, 1.54) is 6.07 Å². The van der Waals surface area contributed by atoms with Crippen molar-refractivity contribution in [3.05, 3.63) is 29.3 Å². The lowest BCUT2D eigenvalue weighted by atomic mass is 9.79. The molecule has 0 unspecified atom stereocenters. The minimum atomic E-state index is -4.37. The molecule has 0 saturated carbocycles. The Morgan fingerprint density at radius 1 is 1.25 bits per heavy atom. The lowest BCUT2D eigenvalue weighted by Crippen LogP contribution is -2.42. The minimum absolute atomic E-state index is 0.0644. The smallest absolute Gasteiger partial charge is 0.416 e. The topological polar surface area (TPSA) is 49.5 Å². The fourth-order valence-corrected chi connectivity index (χ4v) is 2.68. The molecule has 3 nitrogen and oxygen atoms in total. The van der Waals surface area contributed by atoms with E-state index in [-0.39, 0.29) is 11.6 Å². The van der Waals surface area contributed by atoms with Crippen molar-refractivity contribution in [1.29, 1.82) is 0 Å². The Hall–Kier alpha value is -1.21. The van der Waals surface area contributed by atoms with Gasteiger partial charge in [0, 0.05) is 5.69 Å². The van der Waals surface area contributed by atoms with Crippen LogP contribution in [0.3, 0.4) is 0 Å². The number of piperidine rings is 1. The van der Waals surface area contributed by atoms with Crippen LogP contribution in [-0.2, 0) is 6.18 Å². The number of alkyl halides is 3. The third-order valence-corrected chi connectivity index (χ3v) is 3.83. The first-order valence-electron chi connectivity index (χ1n) is 6.67. The third-order valence-electron chi connectivity index (χ3n) is 3.83. The van der Waals surface area contributed by atoms with E-state index in [0.29, 0.717) is 18.7 Å². The molecular formula is C13H18BF3N2O. The quantitative estimate of drug-likeness (QED) is 0.649. The molecule has 0 bridgehead atoms. The van der Waals surface area contributed by atoms with Crippen LogP contribution in [0.5, 0.6) is 0 Å². The van der Waals surface area contributed by atoms with Gasteiger partial charge in [-0.15, -0.1) is 0 Å². The van der Waals surface area contributed by atoms with Gasteiger partial charge in [0.05, 0.1) is 5.56 Å². The second kappa shape index (κ2) is 5.65. The first kappa shape index (κ1) is 15.2. The van der Waals surface area contributed by atoms with Crippen molar-refractivity contribution < 1.29 is 18.2 Å². The number of benzene rings is 1. The highest BCUT2D eigenvalue weighted by Gasteiger charge is 2.32. The first-order chi connectivity index (χ1) is 9.27. The zero-order valence-electron chi connectivity index (χ0n) is 11.3. The fourth-order valence-electron chi connectivity index (χ4n) is 2.68. The molecule has 1 aromatic rings. The predicted octanol–water partition coefficient (Wildman–Crippen LogP) is 2.58. The summed E-state index contributed by atoms with van der Waals surface area (Å²) in [6, 6.07) is 3.78. The fraction of sp³-hybridized carbons (Fsp3) is 0.538. The van der Waals surface area contributed by atoms with E-state index < -0.39 is 18.8 Å². The van der Waals surface area contributed by atoms with Crippen LogP contribution in [0.25, 0.3) is 0 Å². The molecule has 0 amide bonds. The summed E-state index contributed by atoms with van der Waals surface area (Å²) < 4.78 is 38.4. The minimum Gasteiger partial charge on any atom is -0.437 e. The maximum atomic E-state index is 12.8. The second-order valence-corrected chi connectivity index (χ2v) is 5.33. The molecule has 1 aliphatic rings. The number of hydrogen-bond acceptors (Lipinski definition) is 3. The number of nitrogens with zero attached hydrogens (tertiary/aromatic N) is 1. The van der Waals surface area contributed by atoms with Crippen LogP contribution in [0, 0.1) is 0 Å². The Kier molecular flexibility index (Phi) is 4.29. The normalized spacial score (nSPS) is 18.2. The van der Waals surface area contributed by atoms with Gasteiger partial charge in [0.25, 0.3) is 0 Å². The Morgan fingerprint density at radius 3 is 2.35 bits per heavy atom. The zero-order valence-corrected chi connectivity index (χ0v) is 11.3. The Balaban J connectivity index is 2.16. The summed E-state index contributed by atoms with van der Waals surface area (Å²) in [5.74, 6) is 0.0644. The molecule has 1 aromatic carbocycles. The molecule has 110 valence electrons. The summed E-state index contributed by atoms with van der Waals surface area (Å²) in [6.45, 7) is 3.06. The van der Waals surface area contributed by atoms with Gasteiger partial charge in [-0.1, -0.05) is 0 Å². The molecule has 0 atom stereocenters. The average molecular weight is 286 g/mol. The molecule has 1 heterocycles. The first-order valence-corrected chi connectivity index (χ1v) is 6.67. The van der Waals surface area contributed by atoms with Gasteiger partial charge in [0.1, 0.15) is 0 Å². The number of hydrogen-bond donors (Lipinski definition) is 2. The van der Waals surface area contributed by atoms with Crippen LogP contribution in [0.15, 0.2) is 18.2 Å². The van der Waals surface area contributed by atoms with Crippen molar-refractivity contribution in [2.45, 2.75) is 31.8 Å². The maximum absolute atomic E-state index is 12.8. The average Bonchev–Trinajstić information content (AvgIpc) is 2.37. The molecule has 7 heteroatoms. The largest absolute Gasteiger partial charge is 0.437 e. The molecule has 3 N–H and O–H groups in total. The van der Waals surface area contributed by atoms with Crippen LogP contribution < -0.4 is 5.73 Å². The number of rotatable bonds is 2. The van der Waals surface area contributed by atoms with Gasteiger partial charge in [-0.2, -0.15) is 13.2 Å². The summed E-state index contributed by atoms with van der Waals surface area (Å²) in [6.07, 6.45) is -2.91. The van der Waals surface area contributed by atoms with E-state index in [4.69, 9.17) is 5.73 Å². The summed E-state index contributed by atoms with van der Waals surface area (Å²) in [5, 5.41) is 9.49. The van der Waals surface area contributed by atoms with Gasteiger partial charge in [0.2, 0.25) is 0 Å². The van der Waals surface area contributed by atoms with Gasteiger partial charge < -0.3 is 15.6 Å². The number of anilines is 1. The van der Waals surface area contributed by atoms with Gasteiger partial charge in [0.15, 0.2) is 0 Å². The van der Waals surface area contributed by atoms with Crippen molar-refractivity contribution in [2.24, 2.45) is 0 Å². The molecule has 0 spiro atoms. The van der Waals surface area contributed by atoms with Crippen molar-refractivity contribution in [1.82, 2.24) is 4.81 Å². The Labute approximate surface area is 116 Å². The standard InChI is InChI=1S/C13H18BF3N2O/c1-14(20)19-4-2-9(3-5-19)10-6-11(13(15,16)17)8-12(18)7-10/h6-9,20H,2-5,18H2,1H3. The van der Waals surface area contributed by atoms with Crippen LogP contribution in [0.4, 0.5) is 18.9 Å². The lowest BCUT2D eigenvalue weighted by Gasteiger charge is -2.33. The SMILES string of the molecule is CB(O)N1CCC(c2cc(N)cc(C(F)(F)F)c2)CC1. The highest BCUT2D eigenvalue weighted by Crippen LogP contribution is 2.35. The summed E-state index contributed by atoms with van der Waals surface area (Å²) >= 11 is 0. The van der Waals surface area contributed by atoms with Crippen LogP contribution in [-0.4, -0.2) is 30.0 Å². The van der Waals surface area contributed by atoms with Crippen LogP contribution in [0.2, 0.25) is 6.82 Å². The summed E-state index contributed by atoms with van der Waals surface area (Å²) in [5.41, 5.74) is 5.69. The van der Waals surface area contributed by atoms with E-state index in [0.717, 1.165) is 18.9 Å². The Morgan fingerprint density at radius 2 is 1.85 bits per heavy atom. The van der Waals surface area contributed by atoms with Gasteiger partial charge in [-0.3, -0.25) is 0 Å². The maximum Gasteiger partial charge on any atom is 0.416 e. The molecule has 1 saturated heterocycles. The van der Waals surface area contributed by atoms with E-state index in [1.54, 1.807) is 12.9 Å². The van der Waals surface area contributed by atoms with Gasteiger partial charge >= 0.3 is 13.2 Å². The molecule has 0 radical (unpaired) electrons. The lowest BCUT2D eigenvalue weighted by molar-refractivity contribution is -0.137. The highest BCUT2D eigenvalue weighted by molar-refractivity contribution is 6.45. The molecule has 1 fully saturated rings. The Bertz CT molecular complexity index is 471. The van der Waals surface area contributed by atoms with E-state index >= 15 is 0 Å². The van der Waals surface area contributed by atoms with Crippen molar-refractivity contribution in [3.63, 3.8) is 0 Å². The van der Waals surface area contributed by atoms with Gasteiger partial charge in [-0.25, -0.2) is 0 Å². The number of nitrogen functional groups attached to an aromatic ring is 1. The number of nitrogens with two attached hydrogens (primary N) is 1. The molecule has 0 aliphatic carbocycles. The van der Waals surface area contributed by atoms with Crippen molar-refractivity contribution in [2.75, 3.05) is 18.8 Å². The van der Waals surface area contributed by atoms with Gasteiger partial charge in [-0.05, 0) is 62.4 Å². The predicted molar refractivity (Wildman–Crippen MR) is 73.2 cm³/mol. The molecule has 20 heavy (non-hydrogen) atoms. The second-order valence-electron chi connectivity index (χ2n) is 5.33. The van der Waals surface area contributed by atoms with Crippen molar-refractivity contribution >= 4 is 12.7 Å². The van der Waals surface area contributed by atoms with Crippen LogP contribution >= 0.6 is 0 Å².